The quantitative estimate of drug-likeness (QED) is 0.870. The maximum atomic E-state index is 13.5. The Bertz CT molecular complexity index is 892. The number of nitrogens with zero attached hydrogens (tertiary/aromatic N) is 2. The van der Waals surface area contributed by atoms with Gasteiger partial charge in [0.2, 0.25) is 0 Å². The van der Waals surface area contributed by atoms with Gasteiger partial charge in [0.15, 0.2) is 0 Å². The second kappa shape index (κ2) is 7.54. The zero-order chi connectivity index (χ0) is 20.0. The van der Waals surface area contributed by atoms with E-state index in [1.165, 1.54) is 17.7 Å². The Kier molecular flexibility index (Phi) is 4.88. The van der Waals surface area contributed by atoms with Crippen molar-refractivity contribution in [3.8, 4) is 0 Å². The summed E-state index contributed by atoms with van der Waals surface area (Å²) < 4.78 is 13.5. The molecule has 152 valence electrons. The number of hydrogen-bond acceptors (Lipinski definition) is 3. The first-order valence-electron chi connectivity index (χ1n) is 10.7. The highest BCUT2D eigenvalue weighted by atomic mass is 19.1. The molecule has 0 radical (unpaired) electrons. The average molecular weight is 394 g/mol. The predicted octanol–water partition coefficient (Wildman–Crippen LogP) is 3.00. The highest BCUT2D eigenvalue weighted by Crippen LogP contribution is 2.39. The van der Waals surface area contributed by atoms with E-state index in [-0.39, 0.29) is 23.7 Å². The molecule has 1 amide bonds. The standard InChI is InChI=1S/C24H27FN2O2/c25-19-7-5-18(6-8-19)22-20-4-2-1-3-16(20)11-14-27(22)24(29)23(28)21-15-26-12-9-17(21)10-13-26/h1-8,17,21-23,28H,9-15H2/t21-,22+,23-/m1/s1. The maximum absolute atomic E-state index is 13.5. The lowest BCUT2D eigenvalue weighted by atomic mass is 9.75. The Morgan fingerprint density at radius 1 is 1.03 bits per heavy atom. The van der Waals surface area contributed by atoms with Crippen molar-refractivity contribution in [2.45, 2.75) is 31.4 Å². The van der Waals surface area contributed by atoms with E-state index >= 15 is 0 Å². The molecule has 3 saturated heterocycles. The number of amides is 1. The Labute approximate surface area is 170 Å². The zero-order valence-corrected chi connectivity index (χ0v) is 16.5. The number of benzene rings is 2. The van der Waals surface area contributed by atoms with Crippen molar-refractivity contribution in [3.63, 3.8) is 0 Å². The summed E-state index contributed by atoms with van der Waals surface area (Å²) in [6.45, 7) is 3.54. The first-order chi connectivity index (χ1) is 14.1. The van der Waals surface area contributed by atoms with E-state index < -0.39 is 6.10 Å². The molecule has 4 nitrogen and oxygen atoms in total. The Balaban J connectivity index is 1.47. The van der Waals surface area contributed by atoms with Crippen LogP contribution in [0.4, 0.5) is 4.39 Å². The van der Waals surface area contributed by atoms with E-state index in [0.29, 0.717) is 12.5 Å². The fourth-order valence-electron chi connectivity index (χ4n) is 5.53. The molecule has 0 unspecified atom stereocenters. The molecule has 0 spiro atoms. The lowest BCUT2D eigenvalue weighted by Gasteiger charge is -2.47. The largest absolute Gasteiger partial charge is 0.383 e. The van der Waals surface area contributed by atoms with Crippen LogP contribution in [0.3, 0.4) is 0 Å². The number of carbonyl (C=O) groups excluding carboxylic acids is 1. The average Bonchev–Trinajstić information content (AvgIpc) is 2.78. The highest BCUT2D eigenvalue weighted by Gasteiger charge is 2.43. The van der Waals surface area contributed by atoms with Crippen LogP contribution in [0.25, 0.3) is 0 Å². The minimum Gasteiger partial charge on any atom is -0.383 e. The molecule has 6 rings (SSSR count). The van der Waals surface area contributed by atoms with Crippen LogP contribution in [0.1, 0.15) is 35.6 Å². The lowest BCUT2D eigenvalue weighted by molar-refractivity contribution is -0.150. The summed E-state index contributed by atoms with van der Waals surface area (Å²) in [5, 5.41) is 11.1. The summed E-state index contributed by atoms with van der Waals surface area (Å²) in [5.74, 6) is -0.0352. The monoisotopic (exact) mass is 394 g/mol. The van der Waals surface area contributed by atoms with Gasteiger partial charge in [0.05, 0.1) is 6.04 Å². The van der Waals surface area contributed by atoms with Gasteiger partial charge in [-0.15, -0.1) is 0 Å². The van der Waals surface area contributed by atoms with Crippen molar-refractivity contribution in [2.75, 3.05) is 26.2 Å². The van der Waals surface area contributed by atoms with Gasteiger partial charge in [0, 0.05) is 19.0 Å². The van der Waals surface area contributed by atoms with Gasteiger partial charge in [-0.1, -0.05) is 36.4 Å². The molecule has 3 fully saturated rings. The summed E-state index contributed by atoms with van der Waals surface area (Å²) in [6.07, 6.45) is 1.93. The third kappa shape index (κ3) is 3.36. The van der Waals surface area contributed by atoms with Gasteiger partial charge in [-0.3, -0.25) is 4.79 Å². The molecule has 4 heterocycles. The van der Waals surface area contributed by atoms with E-state index in [9.17, 15) is 14.3 Å². The van der Waals surface area contributed by atoms with Gasteiger partial charge in [-0.25, -0.2) is 4.39 Å². The molecule has 0 saturated carbocycles. The number of halogens is 1. The fraction of sp³-hybridized carbons (Fsp3) is 0.458. The topological polar surface area (TPSA) is 43.8 Å². The molecule has 4 aliphatic rings. The van der Waals surface area contributed by atoms with Gasteiger partial charge < -0.3 is 14.9 Å². The van der Waals surface area contributed by atoms with Gasteiger partial charge in [-0.05, 0) is 67.1 Å². The molecule has 29 heavy (non-hydrogen) atoms. The van der Waals surface area contributed by atoms with Crippen LogP contribution in [0.5, 0.6) is 0 Å². The molecule has 4 aliphatic heterocycles. The van der Waals surface area contributed by atoms with Gasteiger partial charge in [0.1, 0.15) is 11.9 Å². The normalized spacial score (nSPS) is 29.4. The van der Waals surface area contributed by atoms with Crippen LogP contribution >= 0.6 is 0 Å². The van der Waals surface area contributed by atoms with Crippen LogP contribution in [0.2, 0.25) is 0 Å². The molecule has 0 aliphatic carbocycles. The number of carbonyl (C=O) groups is 1. The number of aliphatic hydroxyl groups excluding tert-OH is 1. The molecule has 3 atom stereocenters. The second-order valence-electron chi connectivity index (χ2n) is 8.68. The van der Waals surface area contributed by atoms with E-state index in [1.807, 2.05) is 23.1 Å². The van der Waals surface area contributed by atoms with E-state index in [0.717, 1.165) is 50.0 Å². The fourth-order valence-corrected chi connectivity index (χ4v) is 5.53. The number of fused-ring (bicyclic) bond motifs is 4. The van der Waals surface area contributed by atoms with Crippen molar-refractivity contribution < 1.29 is 14.3 Å². The van der Waals surface area contributed by atoms with E-state index in [1.54, 1.807) is 12.1 Å². The van der Waals surface area contributed by atoms with Crippen LogP contribution < -0.4 is 0 Å². The summed E-state index contributed by atoms with van der Waals surface area (Å²) >= 11 is 0. The van der Waals surface area contributed by atoms with Crippen LogP contribution in [-0.4, -0.2) is 53.1 Å². The maximum Gasteiger partial charge on any atom is 0.252 e. The smallest absolute Gasteiger partial charge is 0.252 e. The molecular weight excluding hydrogens is 367 g/mol. The first kappa shape index (κ1) is 18.8. The third-order valence-corrected chi connectivity index (χ3v) is 7.12. The summed E-state index contributed by atoms with van der Waals surface area (Å²) in [4.78, 5) is 17.7. The van der Waals surface area contributed by atoms with Crippen molar-refractivity contribution in [1.82, 2.24) is 9.80 Å². The van der Waals surface area contributed by atoms with Gasteiger partial charge in [-0.2, -0.15) is 0 Å². The Morgan fingerprint density at radius 2 is 1.76 bits per heavy atom. The second-order valence-corrected chi connectivity index (χ2v) is 8.68. The molecule has 1 N–H and O–H groups in total. The Morgan fingerprint density at radius 3 is 2.45 bits per heavy atom. The number of hydrogen-bond donors (Lipinski definition) is 1. The summed E-state index contributed by atoms with van der Waals surface area (Å²) in [5.41, 5.74) is 3.16. The van der Waals surface area contributed by atoms with Crippen molar-refractivity contribution in [1.29, 1.82) is 0 Å². The van der Waals surface area contributed by atoms with E-state index in [2.05, 4.69) is 11.0 Å². The molecule has 2 aromatic rings. The van der Waals surface area contributed by atoms with Gasteiger partial charge in [0.25, 0.3) is 5.91 Å². The predicted molar refractivity (Wildman–Crippen MR) is 109 cm³/mol. The van der Waals surface area contributed by atoms with E-state index in [4.69, 9.17) is 0 Å². The van der Waals surface area contributed by atoms with Crippen LogP contribution in [-0.2, 0) is 11.2 Å². The van der Waals surface area contributed by atoms with Crippen molar-refractivity contribution >= 4 is 5.91 Å². The minimum absolute atomic E-state index is 0.0102. The van der Waals surface area contributed by atoms with Gasteiger partial charge >= 0.3 is 0 Å². The van der Waals surface area contributed by atoms with Crippen LogP contribution in [0, 0.1) is 17.7 Å². The minimum atomic E-state index is -0.976. The summed E-state index contributed by atoms with van der Waals surface area (Å²) in [7, 11) is 0. The lowest BCUT2D eigenvalue weighted by Crippen LogP contribution is -2.56. The molecule has 5 heteroatoms. The summed E-state index contributed by atoms with van der Waals surface area (Å²) in [6, 6.07) is 14.2. The number of aliphatic hydroxyl groups is 1. The van der Waals surface area contributed by atoms with Crippen LogP contribution in [0.15, 0.2) is 48.5 Å². The molecule has 2 aromatic carbocycles. The third-order valence-electron chi connectivity index (χ3n) is 7.12. The highest BCUT2D eigenvalue weighted by molar-refractivity contribution is 5.82. The van der Waals surface area contributed by atoms with Crippen molar-refractivity contribution in [3.05, 3.63) is 71.0 Å². The molecular formula is C24H27FN2O2. The number of rotatable bonds is 3. The molecule has 2 bridgehead atoms. The first-order valence-corrected chi connectivity index (χ1v) is 10.7. The Hall–Kier alpha value is -2.24. The zero-order valence-electron chi connectivity index (χ0n) is 16.5. The molecule has 0 aromatic heterocycles. The SMILES string of the molecule is O=C([C@H](O)[C@@H]1CN2CCC1CC2)N1CCc2ccccc2[C@@H]1c1ccc(F)cc1. The number of piperidine rings is 3. The van der Waals surface area contributed by atoms with Crippen molar-refractivity contribution in [2.24, 2.45) is 11.8 Å².